The van der Waals surface area contributed by atoms with Crippen LogP contribution in [-0.2, 0) is 6.42 Å². The Morgan fingerprint density at radius 3 is 2.61 bits per heavy atom. The fraction of sp³-hybridized carbons (Fsp3) is 0.333. The molecule has 2 aromatic rings. The Morgan fingerprint density at radius 2 is 1.91 bits per heavy atom. The molecule has 0 aliphatic heterocycles. The highest BCUT2D eigenvalue weighted by Crippen LogP contribution is 2.39. The monoisotopic (exact) mass is 404 g/mol. The number of aryl methyl sites for hydroxylation is 1. The fourth-order valence-electron chi connectivity index (χ4n) is 2.22. The summed E-state index contributed by atoms with van der Waals surface area (Å²) in [5.41, 5.74) is 1.01. The maximum atomic E-state index is 8.88. The zero-order valence-corrected chi connectivity index (χ0v) is 16.2. The molecule has 0 aromatic carbocycles. The molecule has 0 bridgehead atoms. The first-order valence-corrected chi connectivity index (χ1v) is 10.0. The van der Waals surface area contributed by atoms with Crippen molar-refractivity contribution in [3.8, 4) is 21.9 Å². The molecular weight excluding hydrogens is 388 g/mol. The lowest BCUT2D eigenvalue weighted by molar-refractivity contribution is 0.670. The van der Waals surface area contributed by atoms with Crippen LogP contribution in [0.1, 0.15) is 43.0 Å². The summed E-state index contributed by atoms with van der Waals surface area (Å²) < 4.78 is 0.952. The van der Waals surface area contributed by atoms with E-state index < -0.39 is 0 Å². The van der Waals surface area contributed by atoms with Crippen LogP contribution >= 0.6 is 38.6 Å². The molecule has 0 atom stereocenters. The van der Waals surface area contributed by atoms with Gasteiger partial charge in [-0.15, -0.1) is 22.7 Å². The molecule has 2 rings (SSSR count). The second-order valence-corrected chi connectivity index (χ2v) is 8.74. The van der Waals surface area contributed by atoms with Crippen LogP contribution in [0.25, 0.3) is 15.8 Å². The predicted octanol–water partition coefficient (Wildman–Crippen LogP) is 6.79. The van der Waals surface area contributed by atoms with Gasteiger partial charge in [-0.3, -0.25) is 0 Å². The first-order chi connectivity index (χ1) is 11.2. The van der Waals surface area contributed by atoms with Crippen LogP contribution in [0, 0.1) is 22.7 Å². The third kappa shape index (κ3) is 5.04. The van der Waals surface area contributed by atoms with Crippen LogP contribution in [0.2, 0.25) is 0 Å². The average molecular weight is 405 g/mol. The highest BCUT2D eigenvalue weighted by molar-refractivity contribution is 9.11. The molecule has 0 spiro atoms. The maximum Gasteiger partial charge on any atom is 0.130 e. The van der Waals surface area contributed by atoms with Gasteiger partial charge in [-0.1, -0.05) is 26.2 Å². The van der Waals surface area contributed by atoms with Crippen molar-refractivity contribution < 1.29 is 0 Å². The summed E-state index contributed by atoms with van der Waals surface area (Å²) >= 11 is 7.00. The van der Waals surface area contributed by atoms with E-state index in [0.717, 1.165) is 15.8 Å². The summed E-state index contributed by atoms with van der Waals surface area (Å²) in [6.45, 7) is 2.23. The van der Waals surface area contributed by atoms with Gasteiger partial charge < -0.3 is 0 Å². The van der Waals surface area contributed by atoms with Crippen molar-refractivity contribution in [1.82, 2.24) is 0 Å². The van der Waals surface area contributed by atoms with Crippen LogP contribution in [0.4, 0.5) is 0 Å². The van der Waals surface area contributed by atoms with Crippen LogP contribution in [0.3, 0.4) is 0 Å². The van der Waals surface area contributed by atoms with E-state index in [1.807, 2.05) is 29.5 Å². The van der Waals surface area contributed by atoms with Crippen molar-refractivity contribution in [3.63, 3.8) is 0 Å². The van der Waals surface area contributed by atoms with Crippen molar-refractivity contribution in [1.29, 1.82) is 10.5 Å². The molecule has 0 fully saturated rings. The molecule has 0 unspecified atom stereocenters. The number of hydrogen-bond donors (Lipinski definition) is 0. The summed E-state index contributed by atoms with van der Waals surface area (Å²) in [5, 5.41) is 17.8. The molecule has 0 saturated carbocycles. The van der Waals surface area contributed by atoms with E-state index in [9.17, 15) is 0 Å². The molecule has 0 radical (unpaired) electrons. The topological polar surface area (TPSA) is 47.6 Å². The largest absolute Gasteiger partial charge is 0.192 e. The molecule has 118 valence electrons. The third-order valence-electron chi connectivity index (χ3n) is 3.44. The zero-order valence-electron chi connectivity index (χ0n) is 12.9. The Balaban J connectivity index is 2.12. The Hall–Kier alpha value is -1.40. The smallest absolute Gasteiger partial charge is 0.130 e. The Bertz CT molecular complexity index is 756. The molecule has 2 nitrogen and oxygen atoms in total. The number of halogens is 1. The molecule has 23 heavy (non-hydrogen) atoms. The van der Waals surface area contributed by atoms with Gasteiger partial charge in [-0.05, 0) is 53.0 Å². The van der Waals surface area contributed by atoms with Crippen molar-refractivity contribution in [3.05, 3.63) is 38.0 Å². The number of nitrogens with zero attached hydrogens (tertiary/aromatic N) is 2. The maximum absolute atomic E-state index is 8.88. The first kappa shape index (κ1) is 17.9. The number of rotatable bonds is 7. The van der Waals surface area contributed by atoms with Gasteiger partial charge in [0, 0.05) is 20.2 Å². The molecule has 0 aliphatic carbocycles. The van der Waals surface area contributed by atoms with E-state index >= 15 is 0 Å². The van der Waals surface area contributed by atoms with E-state index in [1.165, 1.54) is 40.3 Å². The van der Waals surface area contributed by atoms with Gasteiger partial charge in [0.2, 0.25) is 0 Å². The number of allylic oxidation sites excluding steroid dienone is 1. The normalized spacial score (nSPS) is 10.1. The van der Waals surface area contributed by atoms with Crippen molar-refractivity contribution in [2.45, 2.75) is 39.0 Å². The SMILES string of the molecule is CCCCCCc1ccc(-c2cc(C=C(C#N)C#N)c(Br)s2)s1. The number of unbranched alkanes of at least 4 members (excludes halogenated alkanes) is 3. The summed E-state index contributed by atoms with van der Waals surface area (Å²) in [4.78, 5) is 3.84. The molecule has 2 heterocycles. The molecular formula is C18H17BrN2S2. The summed E-state index contributed by atoms with van der Waals surface area (Å²) in [5.74, 6) is 0. The van der Waals surface area contributed by atoms with Crippen LogP contribution in [0.15, 0.2) is 27.6 Å². The lowest BCUT2D eigenvalue weighted by Gasteiger charge is -1.96. The minimum Gasteiger partial charge on any atom is -0.192 e. The summed E-state index contributed by atoms with van der Waals surface area (Å²) in [6.07, 6.45) is 7.91. The summed E-state index contributed by atoms with van der Waals surface area (Å²) in [7, 11) is 0. The van der Waals surface area contributed by atoms with E-state index in [4.69, 9.17) is 10.5 Å². The van der Waals surface area contributed by atoms with E-state index in [0.29, 0.717) is 0 Å². The zero-order chi connectivity index (χ0) is 16.7. The van der Waals surface area contributed by atoms with Gasteiger partial charge in [0.15, 0.2) is 0 Å². The van der Waals surface area contributed by atoms with Gasteiger partial charge in [0.25, 0.3) is 0 Å². The second-order valence-electron chi connectivity index (χ2n) is 5.20. The predicted molar refractivity (Wildman–Crippen MR) is 102 cm³/mol. The van der Waals surface area contributed by atoms with E-state index in [-0.39, 0.29) is 5.57 Å². The lowest BCUT2D eigenvalue weighted by Crippen LogP contribution is -1.80. The molecule has 0 saturated heterocycles. The van der Waals surface area contributed by atoms with Gasteiger partial charge in [0.05, 0.1) is 3.79 Å². The molecule has 0 amide bonds. The van der Waals surface area contributed by atoms with E-state index in [1.54, 1.807) is 17.4 Å². The van der Waals surface area contributed by atoms with Crippen LogP contribution < -0.4 is 0 Å². The van der Waals surface area contributed by atoms with E-state index in [2.05, 4.69) is 35.0 Å². The molecule has 0 N–H and O–H groups in total. The van der Waals surface area contributed by atoms with Crippen molar-refractivity contribution in [2.24, 2.45) is 0 Å². The van der Waals surface area contributed by atoms with Gasteiger partial charge >= 0.3 is 0 Å². The van der Waals surface area contributed by atoms with Gasteiger partial charge in [-0.2, -0.15) is 10.5 Å². The Labute approximate surface area is 153 Å². The fourth-order valence-corrected chi connectivity index (χ4v) is 4.96. The van der Waals surface area contributed by atoms with Gasteiger partial charge in [-0.25, -0.2) is 0 Å². The van der Waals surface area contributed by atoms with Crippen LogP contribution in [0.5, 0.6) is 0 Å². The Morgan fingerprint density at radius 1 is 1.13 bits per heavy atom. The molecule has 0 aliphatic rings. The lowest BCUT2D eigenvalue weighted by atomic mass is 10.1. The quantitative estimate of drug-likeness (QED) is 0.376. The third-order valence-corrected chi connectivity index (χ3v) is 6.66. The first-order valence-electron chi connectivity index (χ1n) is 7.58. The number of nitriles is 2. The highest BCUT2D eigenvalue weighted by Gasteiger charge is 2.10. The Kier molecular flexibility index (Phi) is 7.05. The number of hydrogen-bond acceptors (Lipinski definition) is 4. The van der Waals surface area contributed by atoms with Crippen molar-refractivity contribution in [2.75, 3.05) is 0 Å². The van der Waals surface area contributed by atoms with Crippen LogP contribution in [-0.4, -0.2) is 0 Å². The van der Waals surface area contributed by atoms with Crippen molar-refractivity contribution >= 4 is 44.7 Å². The minimum atomic E-state index is 0.123. The average Bonchev–Trinajstić information content (AvgIpc) is 3.16. The second kappa shape index (κ2) is 9.03. The molecule has 2 aromatic heterocycles. The highest BCUT2D eigenvalue weighted by atomic mass is 79.9. The molecule has 5 heteroatoms. The summed E-state index contributed by atoms with van der Waals surface area (Å²) in [6, 6.07) is 10.2. The minimum absolute atomic E-state index is 0.123. The standard InChI is InChI=1S/C18H17BrN2S2/c1-2-3-4-5-6-15-7-8-16(22-15)17-10-14(18(19)23-17)9-13(11-20)12-21/h7-10H,2-6H2,1H3. The number of thiophene rings is 2. The van der Waals surface area contributed by atoms with Gasteiger partial charge in [0.1, 0.15) is 17.7 Å².